The summed E-state index contributed by atoms with van der Waals surface area (Å²) in [5, 5.41) is 5.57. The molecule has 0 aliphatic rings. The van der Waals surface area contributed by atoms with Crippen molar-refractivity contribution < 1.29 is 19.1 Å². The first-order valence-corrected chi connectivity index (χ1v) is 9.24. The van der Waals surface area contributed by atoms with Crippen LogP contribution in [0.25, 0.3) is 12.2 Å². The standard InChI is InChI=1S/C23H26N2O4/c1-17(25-23(27)15-13-19-9-5-7-11-21(19)29-3)16-24-22(26)14-12-18-8-4-6-10-20(18)28-2/h4-15,17H,16H2,1-3H3,(H,24,26)(H,25,27)/b14-12+,15-13+/t17-/m1/s1. The molecule has 0 fully saturated rings. The summed E-state index contributed by atoms with van der Waals surface area (Å²) in [5.74, 6) is 0.890. The van der Waals surface area contributed by atoms with E-state index >= 15 is 0 Å². The van der Waals surface area contributed by atoms with Crippen LogP contribution in [0.2, 0.25) is 0 Å². The average Bonchev–Trinajstić information content (AvgIpc) is 2.75. The van der Waals surface area contributed by atoms with Gasteiger partial charge < -0.3 is 20.1 Å². The van der Waals surface area contributed by atoms with Gasteiger partial charge in [0.05, 0.1) is 14.2 Å². The topological polar surface area (TPSA) is 76.7 Å². The number of carbonyl (C=O) groups excluding carboxylic acids is 2. The van der Waals surface area contributed by atoms with E-state index < -0.39 is 0 Å². The van der Waals surface area contributed by atoms with E-state index in [0.29, 0.717) is 18.0 Å². The van der Waals surface area contributed by atoms with E-state index in [1.807, 2.05) is 55.5 Å². The summed E-state index contributed by atoms with van der Waals surface area (Å²) in [6.45, 7) is 2.13. The summed E-state index contributed by atoms with van der Waals surface area (Å²) in [6, 6.07) is 14.6. The zero-order chi connectivity index (χ0) is 21.1. The molecule has 2 rings (SSSR count). The zero-order valence-corrected chi connectivity index (χ0v) is 16.8. The molecule has 0 spiro atoms. The molecule has 2 aromatic carbocycles. The number of carbonyl (C=O) groups is 2. The summed E-state index contributed by atoms with van der Waals surface area (Å²) in [4.78, 5) is 24.1. The van der Waals surface area contributed by atoms with E-state index in [4.69, 9.17) is 9.47 Å². The van der Waals surface area contributed by atoms with Crippen LogP contribution >= 0.6 is 0 Å². The van der Waals surface area contributed by atoms with Crippen molar-refractivity contribution in [2.75, 3.05) is 20.8 Å². The van der Waals surface area contributed by atoms with Gasteiger partial charge in [0.15, 0.2) is 0 Å². The molecule has 6 heteroatoms. The monoisotopic (exact) mass is 394 g/mol. The van der Waals surface area contributed by atoms with Gasteiger partial charge in [0.2, 0.25) is 11.8 Å². The van der Waals surface area contributed by atoms with Crippen molar-refractivity contribution in [1.29, 1.82) is 0 Å². The lowest BCUT2D eigenvalue weighted by Crippen LogP contribution is -2.40. The van der Waals surface area contributed by atoms with Crippen LogP contribution in [0.3, 0.4) is 0 Å². The van der Waals surface area contributed by atoms with E-state index in [1.165, 1.54) is 12.2 Å². The summed E-state index contributed by atoms with van der Waals surface area (Å²) < 4.78 is 10.5. The Morgan fingerprint density at radius 2 is 1.34 bits per heavy atom. The molecule has 0 radical (unpaired) electrons. The second kappa shape index (κ2) is 11.3. The highest BCUT2D eigenvalue weighted by atomic mass is 16.5. The van der Waals surface area contributed by atoms with Gasteiger partial charge in [-0.05, 0) is 31.2 Å². The molecule has 6 nitrogen and oxygen atoms in total. The maximum atomic E-state index is 12.1. The first kappa shape index (κ1) is 21.8. The van der Waals surface area contributed by atoms with Gasteiger partial charge in [-0.1, -0.05) is 36.4 Å². The first-order chi connectivity index (χ1) is 14.0. The third kappa shape index (κ3) is 7.18. The van der Waals surface area contributed by atoms with E-state index in [9.17, 15) is 9.59 Å². The fraction of sp³-hybridized carbons (Fsp3) is 0.217. The van der Waals surface area contributed by atoms with Gasteiger partial charge in [-0.2, -0.15) is 0 Å². The molecular formula is C23H26N2O4. The molecule has 0 unspecified atom stereocenters. The van der Waals surface area contributed by atoms with Crippen molar-refractivity contribution in [3.05, 3.63) is 71.8 Å². The molecule has 0 bridgehead atoms. The molecular weight excluding hydrogens is 368 g/mol. The van der Waals surface area contributed by atoms with Gasteiger partial charge in [0.25, 0.3) is 0 Å². The lowest BCUT2D eigenvalue weighted by Gasteiger charge is -2.12. The van der Waals surface area contributed by atoms with Crippen molar-refractivity contribution >= 4 is 24.0 Å². The average molecular weight is 394 g/mol. The predicted molar refractivity (Wildman–Crippen MR) is 115 cm³/mol. The number of amides is 2. The Morgan fingerprint density at radius 3 is 1.86 bits per heavy atom. The molecule has 0 saturated heterocycles. The molecule has 1 atom stereocenters. The highest BCUT2D eigenvalue weighted by Crippen LogP contribution is 2.19. The van der Waals surface area contributed by atoms with Crippen LogP contribution in [-0.4, -0.2) is 38.6 Å². The van der Waals surface area contributed by atoms with Gasteiger partial charge in [-0.25, -0.2) is 0 Å². The Labute approximate surface area is 171 Å². The number of nitrogens with one attached hydrogen (secondary N) is 2. The molecule has 29 heavy (non-hydrogen) atoms. The summed E-state index contributed by atoms with van der Waals surface area (Å²) in [5.41, 5.74) is 1.63. The second-order valence-electron chi connectivity index (χ2n) is 6.31. The van der Waals surface area contributed by atoms with Gasteiger partial charge in [0.1, 0.15) is 11.5 Å². The largest absolute Gasteiger partial charge is 0.496 e. The molecule has 0 aliphatic heterocycles. The van der Waals surface area contributed by atoms with Crippen LogP contribution in [0.4, 0.5) is 0 Å². The molecule has 152 valence electrons. The quantitative estimate of drug-likeness (QED) is 0.641. The minimum atomic E-state index is -0.249. The van der Waals surface area contributed by atoms with Gasteiger partial charge in [-0.3, -0.25) is 9.59 Å². The second-order valence-corrected chi connectivity index (χ2v) is 6.31. The molecule has 2 aromatic rings. The van der Waals surface area contributed by atoms with Gasteiger partial charge in [0, 0.05) is 35.9 Å². The third-order valence-corrected chi connectivity index (χ3v) is 4.08. The SMILES string of the molecule is COc1ccccc1/C=C/C(=O)NC[C@@H](C)NC(=O)/C=C/c1ccccc1OC. The molecule has 0 saturated carbocycles. The fourth-order valence-electron chi connectivity index (χ4n) is 2.59. The van der Waals surface area contributed by atoms with E-state index in [2.05, 4.69) is 10.6 Å². The summed E-state index contributed by atoms with van der Waals surface area (Å²) in [7, 11) is 3.17. The number of ether oxygens (including phenoxy) is 2. The smallest absolute Gasteiger partial charge is 0.244 e. The van der Waals surface area contributed by atoms with Gasteiger partial charge >= 0.3 is 0 Å². The number of rotatable bonds is 9. The van der Waals surface area contributed by atoms with Crippen molar-refractivity contribution in [2.45, 2.75) is 13.0 Å². The van der Waals surface area contributed by atoms with Gasteiger partial charge in [-0.15, -0.1) is 0 Å². The van der Waals surface area contributed by atoms with E-state index in [1.54, 1.807) is 26.4 Å². The van der Waals surface area contributed by atoms with Crippen LogP contribution in [0.5, 0.6) is 11.5 Å². The minimum absolute atomic E-state index is 0.228. The molecule has 0 heterocycles. The van der Waals surface area contributed by atoms with Crippen molar-refractivity contribution in [2.24, 2.45) is 0 Å². The van der Waals surface area contributed by atoms with Crippen LogP contribution in [0.1, 0.15) is 18.1 Å². The minimum Gasteiger partial charge on any atom is -0.496 e. The maximum Gasteiger partial charge on any atom is 0.244 e. The normalized spacial score (nSPS) is 12.0. The van der Waals surface area contributed by atoms with E-state index in [-0.39, 0.29) is 17.9 Å². The molecule has 0 aromatic heterocycles. The Balaban J connectivity index is 1.80. The predicted octanol–water partition coefficient (Wildman–Crippen LogP) is 3.05. The highest BCUT2D eigenvalue weighted by molar-refractivity contribution is 5.93. The Morgan fingerprint density at radius 1 is 0.862 bits per heavy atom. The third-order valence-electron chi connectivity index (χ3n) is 4.08. The zero-order valence-electron chi connectivity index (χ0n) is 16.8. The first-order valence-electron chi connectivity index (χ1n) is 9.24. The number of hydrogen-bond donors (Lipinski definition) is 2. The Bertz CT molecular complexity index is 890. The molecule has 2 amide bonds. The van der Waals surface area contributed by atoms with Crippen LogP contribution in [0, 0.1) is 0 Å². The van der Waals surface area contributed by atoms with Crippen molar-refractivity contribution in [1.82, 2.24) is 10.6 Å². The lowest BCUT2D eigenvalue weighted by molar-refractivity contribution is -0.118. The Hall–Kier alpha value is -3.54. The van der Waals surface area contributed by atoms with Crippen molar-refractivity contribution in [3.63, 3.8) is 0 Å². The number of hydrogen-bond acceptors (Lipinski definition) is 4. The maximum absolute atomic E-state index is 12.1. The summed E-state index contributed by atoms with van der Waals surface area (Å²) >= 11 is 0. The van der Waals surface area contributed by atoms with Crippen LogP contribution in [-0.2, 0) is 9.59 Å². The molecule has 0 aliphatic carbocycles. The number of methoxy groups -OCH3 is 2. The fourth-order valence-corrected chi connectivity index (χ4v) is 2.59. The summed E-state index contributed by atoms with van der Waals surface area (Å²) in [6.07, 6.45) is 6.26. The Kier molecular flexibility index (Phi) is 8.51. The van der Waals surface area contributed by atoms with Crippen molar-refractivity contribution in [3.8, 4) is 11.5 Å². The lowest BCUT2D eigenvalue weighted by atomic mass is 10.2. The molecule has 2 N–H and O–H groups in total. The van der Waals surface area contributed by atoms with Crippen LogP contribution in [0.15, 0.2) is 60.7 Å². The number of benzene rings is 2. The van der Waals surface area contributed by atoms with E-state index in [0.717, 1.165) is 11.1 Å². The van der Waals surface area contributed by atoms with Crippen LogP contribution < -0.4 is 20.1 Å². The number of para-hydroxylation sites is 2. The highest BCUT2D eigenvalue weighted by Gasteiger charge is 2.07.